The molecule has 0 aromatic heterocycles. The Morgan fingerprint density at radius 3 is 2.68 bits per heavy atom. The summed E-state index contributed by atoms with van der Waals surface area (Å²) in [4.78, 5) is 25.8. The third-order valence-electron chi connectivity index (χ3n) is 3.90. The highest BCUT2D eigenvalue weighted by Crippen LogP contribution is 2.35. The van der Waals surface area contributed by atoms with Gasteiger partial charge in [-0.1, -0.05) is 43.4 Å². The van der Waals surface area contributed by atoms with Crippen LogP contribution in [0.3, 0.4) is 0 Å². The molecule has 0 radical (unpaired) electrons. The van der Waals surface area contributed by atoms with Crippen molar-refractivity contribution in [3.8, 4) is 0 Å². The number of ether oxygens (including phenoxy) is 2. The molecule has 0 aromatic rings. The number of hydrogen-bond donors (Lipinski definition) is 0. The van der Waals surface area contributed by atoms with E-state index in [-0.39, 0.29) is 36.0 Å². The zero-order valence-electron chi connectivity index (χ0n) is 11.5. The smallest absolute Gasteiger partial charge is 0.416 e. The first kappa shape index (κ1) is 15.0. The largest absolute Gasteiger partial charge is 0.447 e. The molecule has 0 aliphatic carbocycles. The highest BCUT2D eigenvalue weighted by molar-refractivity contribution is 14.1. The zero-order chi connectivity index (χ0) is 14.2. The molecule has 2 amide bonds. The summed E-state index contributed by atoms with van der Waals surface area (Å²) in [6.45, 7) is 6.30. The van der Waals surface area contributed by atoms with E-state index in [4.69, 9.17) is 9.47 Å². The van der Waals surface area contributed by atoms with Gasteiger partial charge in [-0.2, -0.15) is 0 Å². The Morgan fingerprint density at radius 2 is 2.16 bits per heavy atom. The van der Waals surface area contributed by atoms with Crippen LogP contribution >= 0.6 is 22.6 Å². The molecule has 2 saturated heterocycles. The van der Waals surface area contributed by atoms with Gasteiger partial charge in [0.2, 0.25) is 5.91 Å². The standard InChI is InChI=1S/C13H20INO4/c1-4-9-11(10(5-14)19-9)12(16)15-8(7(2)3)6-18-13(15)17/h7-11H,4-6H2,1-3H3/t8-,9-,10+,11-/m1/s1. The van der Waals surface area contributed by atoms with Crippen LogP contribution in [0, 0.1) is 11.8 Å². The third kappa shape index (κ3) is 2.61. The summed E-state index contributed by atoms with van der Waals surface area (Å²) in [6, 6.07) is -0.145. The van der Waals surface area contributed by atoms with Crippen molar-refractivity contribution in [3.63, 3.8) is 0 Å². The van der Waals surface area contributed by atoms with Gasteiger partial charge >= 0.3 is 6.09 Å². The highest BCUT2D eigenvalue weighted by Gasteiger charge is 2.51. The van der Waals surface area contributed by atoms with Crippen LogP contribution in [0.4, 0.5) is 4.79 Å². The molecule has 2 fully saturated rings. The molecule has 2 heterocycles. The molecule has 4 atom stereocenters. The number of nitrogens with zero attached hydrogens (tertiary/aromatic N) is 1. The normalized spacial score (nSPS) is 34.4. The first-order valence-electron chi connectivity index (χ1n) is 6.72. The summed E-state index contributed by atoms with van der Waals surface area (Å²) >= 11 is 2.21. The lowest BCUT2D eigenvalue weighted by molar-refractivity contribution is -0.190. The number of alkyl halides is 1. The van der Waals surface area contributed by atoms with Gasteiger partial charge in [0.1, 0.15) is 6.61 Å². The van der Waals surface area contributed by atoms with E-state index < -0.39 is 6.09 Å². The number of carbonyl (C=O) groups excluding carboxylic acids is 2. The fraction of sp³-hybridized carbons (Fsp3) is 0.846. The Kier molecular flexibility index (Phi) is 4.70. The van der Waals surface area contributed by atoms with Crippen LogP contribution in [0.2, 0.25) is 0 Å². The molecule has 0 bridgehead atoms. The minimum Gasteiger partial charge on any atom is -0.447 e. The summed E-state index contributed by atoms with van der Waals surface area (Å²) in [5.74, 6) is -0.121. The van der Waals surface area contributed by atoms with Crippen molar-refractivity contribution in [2.45, 2.75) is 45.4 Å². The molecule has 2 rings (SSSR count). The van der Waals surface area contributed by atoms with Crippen molar-refractivity contribution in [2.24, 2.45) is 11.8 Å². The van der Waals surface area contributed by atoms with Crippen molar-refractivity contribution in [1.29, 1.82) is 0 Å². The molecule has 0 spiro atoms. The van der Waals surface area contributed by atoms with Gasteiger partial charge in [-0.25, -0.2) is 9.69 Å². The van der Waals surface area contributed by atoms with Crippen LogP contribution in [0.1, 0.15) is 27.2 Å². The minimum atomic E-state index is -0.502. The molecule has 0 N–H and O–H groups in total. The lowest BCUT2D eigenvalue weighted by Gasteiger charge is -2.44. The highest BCUT2D eigenvalue weighted by atomic mass is 127. The van der Waals surface area contributed by atoms with E-state index in [1.54, 1.807) is 0 Å². The van der Waals surface area contributed by atoms with E-state index in [1.165, 1.54) is 4.90 Å². The number of carbonyl (C=O) groups is 2. The van der Waals surface area contributed by atoms with Crippen molar-refractivity contribution < 1.29 is 19.1 Å². The summed E-state index contributed by atoms with van der Waals surface area (Å²) < 4.78 is 11.5. The molecule has 6 heteroatoms. The molecule has 0 saturated carbocycles. The van der Waals surface area contributed by atoms with Crippen LogP contribution in [0.15, 0.2) is 0 Å². The Hall–Kier alpha value is -0.370. The molecule has 0 aromatic carbocycles. The maximum absolute atomic E-state index is 12.6. The lowest BCUT2D eigenvalue weighted by atomic mass is 9.86. The van der Waals surface area contributed by atoms with E-state index >= 15 is 0 Å². The van der Waals surface area contributed by atoms with Gasteiger partial charge in [0.05, 0.1) is 24.2 Å². The minimum absolute atomic E-state index is 0.0616. The maximum Gasteiger partial charge on any atom is 0.416 e. The molecule has 2 aliphatic rings. The van der Waals surface area contributed by atoms with E-state index in [2.05, 4.69) is 22.6 Å². The average molecular weight is 381 g/mol. The van der Waals surface area contributed by atoms with Gasteiger partial charge in [-0.3, -0.25) is 4.79 Å². The second-order valence-corrected chi connectivity index (χ2v) is 6.28. The van der Waals surface area contributed by atoms with Crippen LogP contribution in [0.25, 0.3) is 0 Å². The van der Waals surface area contributed by atoms with Gasteiger partial charge in [-0.05, 0) is 12.3 Å². The fourth-order valence-electron chi connectivity index (χ4n) is 2.68. The quantitative estimate of drug-likeness (QED) is 0.554. The second-order valence-electron chi connectivity index (χ2n) is 5.40. The Balaban J connectivity index is 2.15. The topological polar surface area (TPSA) is 55.8 Å². The predicted octanol–water partition coefficient (Wildman–Crippen LogP) is 2.22. The SMILES string of the molecule is CC[C@H]1O[C@@H](CI)[C@@H]1C(=O)N1C(=O)OC[C@@H]1C(C)C. The van der Waals surface area contributed by atoms with Crippen LogP contribution in [0.5, 0.6) is 0 Å². The van der Waals surface area contributed by atoms with E-state index in [9.17, 15) is 9.59 Å². The Morgan fingerprint density at radius 1 is 1.47 bits per heavy atom. The number of halogens is 1. The van der Waals surface area contributed by atoms with Crippen molar-refractivity contribution in [3.05, 3.63) is 0 Å². The van der Waals surface area contributed by atoms with Crippen LogP contribution < -0.4 is 0 Å². The van der Waals surface area contributed by atoms with Gasteiger partial charge in [0, 0.05) is 4.43 Å². The summed E-state index contributed by atoms with van der Waals surface area (Å²) in [5.41, 5.74) is 0. The molecular formula is C13H20INO4. The van der Waals surface area contributed by atoms with Gasteiger partial charge in [-0.15, -0.1) is 0 Å². The molecule has 5 nitrogen and oxygen atoms in total. The number of rotatable bonds is 4. The summed E-state index contributed by atoms with van der Waals surface area (Å²) in [7, 11) is 0. The van der Waals surface area contributed by atoms with Crippen molar-refractivity contribution in [1.82, 2.24) is 4.90 Å². The Bertz CT molecular complexity index is 364. The lowest BCUT2D eigenvalue weighted by Crippen LogP contribution is -2.59. The molecular weight excluding hydrogens is 361 g/mol. The first-order valence-corrected chi connectivity index (χ1v) is 8.25. The second kappa shape index (κ2) is 5.95. The first-order chi connectivity index (χ1) is 9.01. The molecule has 19 heavy (non-hydrogen) atoms. The molecule has 2 aliphatic heterocycles. The van der Waals surface area contributed by atoms with Crippen LogP contribution in [-0.4, -0.2) is 46.2 Å². The van der Waals surface area contributed by atoms with E-state index in [1.807, 2.05) is 20.8 Å². The fourth-order valence-corrected chi connectivity index (χ4v) is 3.44. The van der Waals surface area contributed by atoms with E-state index in [0.717, 1.165) is 10.8 Å². The monoisotopic (exact) mass is 381 g/mol. The van der Waals surface area contributed by atoms with Crippen molar-refractivity contribution >= 4 is 34.6 Å². The van der Waals surface area contributed by atoms with Gasteiger partial charge in [0.25, 0.3) is 0 Å². The number of amides is 2. The number of imide groups is 1. The summed E-state index contributed by atoms with van der Waals surface area (Å²) in [6.07, 6.45) is 0.157. The van der Waals surface area contributed by atoms with E-state index in [0.29, 0.717) is 6.61 Å². The molecule has 0 unspecified atom stereocenters. The van der Waals surface area contributed by atoms with Gasteiger partial charge < -0.3 is 9.47 Å². The summed E-state index contributed by atoms with van der Waals surface area (Å²) in [5, 5.41) is 0. The number of cyclic esters (lactones) is 1. The van der Waals surface area contributed by atoms with Gasteiger partial charge in [0.15, 0.2) is 0 Å². The Labute approximate surface area is 127 Å². The maximum atomic E-state index is 12.6. The predicted molar refractivity (Wildman–Crippen MR) is 78.1 cm³/mol. The zero-order valence-corrected chi connectivity index (χ0v) is 13.6. The third-order valence-corrected chi connectivity index (χ3v) is 4.77. The van der Waals surface area contributed by atoms with Crippen molar-refractivity contribution in [2.75, 3.05) is 11.0 Å². The number of hydrogen-bond acceptors (Lipinski definition) is 4. The average Bonchev–Trinajstić information content (AvgIpc) is 2.71. The van der Waals surface area contributed by atoms with Crippen LogP contribution in [-0.2, 0) is 14.3 Å². The molecule has 108 valence electrons.